The van der Waals surface area contributed by atoms with Crippen LogP contribution in [0.3, 0.4) is 0 Å². The molecule has 4 rings (SSSR count). The normalized spacial score (nSPS) is 18.8. The van der Waals surface area contributed by atoms with Crippen LogP contribution in [0.2, 0.25) is 0 Å². The van der Waals surface area contributed by atoms with E-state index in [4.69, 9.17) is 9.84 Å². The van der Waals surface area contributed by atoms with Crippen LogP contribution in [0.1, 0.15) is 5.69 Å². The van der Waals surface area contributed by atoms with Gasteiger partial charge in [-0.1, -0.05) is 18.2 Å². The van der Waals surface area contributed by atoms with Crippen molar-refractivity contribution in [2.75, 3.05) is 19.7 Å². The number of para-hydroxylation sites is 1. The van der Waals surface area contributed by atoms with Crippen molar-refractivity contribution < 1.29 is 4.74 Å². The van der Waals surface area contributed by atoms with Crippen molar-refractivity contribution in [1.82, 2.24) is 24.5 Å². The van der Waals surface area contributed by atoms with Gasteiger partial charge in [0.25, 0.3) is 0 Å². The van der Waals surface area contributed by atoms with E-state index in [-0.39, 0.29) is 6.10 Å². The maximum Gasteiger partial charge on any atom is 0.0898 e. The van der Waals surface area contributed by atoms with Crippen LogP contribution in [0.15, 0.2) is 61.1 Å². The SMILES string of the molecule is c1ccc(-n2ccc(CN3CCOC(Cn4cccn4)C3)n2)cc1. The number of hydrogen-bond donors (Lipinski definition) is 0. The van der Waals surface area contributed by atoms with Gasteiger partial charge in [0.15, 0.2) is 0 Å². The predicted molar refractivity (Wildman–Crippen MR) is 90.8 cm³/mol. The Balaban J connectivity index is 1.37. The van der Waals surface area contributed by atoms with Gasteiger partial charge in [-0.25, -0.2) is 4.68 Å². The fraction of sp³-hybridized carbons (Fsp3) is 0.333. The summed E-state index contributed by atoms with van der Waals surface area (Å²) in [7, 11) is 0. The zero-order chi connectivity index (χ0) is 16.2. The molecule has 6 nitrogen and oxygen atoms in total. The van der Waals surface area contributed by atoms with Gasteiger partial charge in [0.05, 0.1) is 30.6 Å². The molecule has 6 heteroatoms. The molecule has 3 heterocycles. The lowest BCUT2D eigenvalue weighted by Crippen LogP contribution is -2.43. The Kier molecular flexibility index (Phi) is 4.40. The molecule has 0 spiro atoms. The summed E-state index contributed by atoms with van der Waals surface area (Å²) in [5.41, 5.74) is 2.17. The smallest absolute Gasteiger partial charge is 0.0898 e. The molecule has 124 valence electrons. The lowest BCUT2D eigenvalue weighted by molar-refractivity contribution is -0.0405. The minimum Gasteiger partial charge on any atom is -0.374 e. The number of ether oxygens (including phenoxy) is 1. The van der Waals surface area contributed by atoms with E-state index in [0.29, 0.717) is 0 Å². The van der Waals surface area contributed by atoms with Gasteiger partial charge in [-0.3, -0.25) is 9.58 Å². The van der Waals surface area contributed by atoms with Crippen molar-refractivity contribution >= 4 is 0 Å². The van der Waals surface area contributed by atoms with Crippen LogP contribution in [-0.4, -0.2) is 50.3 Å². The molecule has 0 amide bonds. The molecule has 2 aromatic heterocycles. The summed E-state index contributed by atoms with van der Waals surface area (Å²) in [6.45, 7) is 4.23. The molecule has 1 fully saturated rings. The van der Waals surface area contributed by atoms with Crippen LogP contribution < -0.4 is 0 Å². The van der Waals surface area contributed by atoms with E-state index in [9.17, 15) is 0 Å². The fourth-order valence-corrected chi connectivity index (χ4v) is 3.05. The molecule has 1 aromatic carbocycles. The van der Waals surface area contributed by atoms with Gasteiger partial charge in [-0.15, -0.1) is 0 Å². The van der Waals surface area contributed by atoms with Gasteiger partial charge >= 0.3 is 0 Å². The number of aromatic nitrogens is 4. The molecule has 0 N–H and O–H groups in total. The first kappa shape index (κ1) is 15.1. The monoisotopic (exact) mass is 323 g/mol. The third-order valence-electron chi connectivity index (χ3n) is 4.22. The number of rotatable bonds is 5. The van der Waals surface area contributed by atoms with E-state index in [1.807, 2.05) is 46.0 Å². The Morgan fingerprint density at radius 1 is 1.08 bits per heavy atom. The Hall–Kier alpha value is -2.44. The predicted octanol–water partition coefficient (Wildman–Crippen LogP) is 1.97. The molecular formula is C18H21N5O. The second kappa shape index (κ2) is 6.98. The number of benzene rings is 1. The quantitative estimate of drug-likeness (QED) is 0.720. The molecule has 24 heavy (non-hydrogen) atoms. The highest BCUT2D eigenvalue weighted by molar-refractivity contribution is 5.30. The minimum atomic E-state index is 0.176. The van der Waals surface area contributed by atoms with E-state index in [0.717, 1.165) is 44.2 Å². The van der Waals surface area contributed by atoms with Crippen molar-refractivity contribution in [3.8, 4) is 5.69 Å². The highest BCUT2D eigenvalue weighted by atomic mass is 16.5. The van der Waals surface area contributed by atoms with Crippen molar-refractivity contribution in [2.24, 2.45) is 0 Å². The van der Waals surface area contributed by atoms with Crippen molar-refractivity contribution in [3.63, 3.8) is 0 Å². The average Bonchev–Trinajstić information content (AvgIpc) is 3.28. The Labute approximate surface area is 141 Å². The first-order chi connectivity index (χ1) is 11.9. The van der Waals surface area contributed by atoms with E-state index in [1.165, 1.54) is 0 Å². The number of nitrogens with zero attached hydrogens (tertiary/aromatic N) is 5. The summed E-state index contributed by atoms with van der Waals surface area (Å²) in [6, 6.07) is 14.2. The van der Waals surface area contributed by atoms with Gasteiger partial charge in [0.1, 0.15) is 0 Å². The molecule has 3 aromatic rings. The van der Waals surface area contributed by atoms with Crippen molar-refractivity contribution in [3.05, 3.63) is 66.7 Å². The Morgan fingerprint density at radius 2 is 2.00 bits per heavy atom. The van der Waals surface area contributed by atoms with Crippen LogP contribution >= 0.6 is 0 Å². The largest absolute Gasteiger partial charge is 0.374 e. The van der Waals surface area contributed by atoms with Gasteiger partial charge < -0.3 is 4.74 Å². The first-order valence-electron chi connectivity index (χ1n) is 8.28. The summed E-state index contributed by atoms with van der Waals surface area (Å²) in [5, 5.41) is 8.95. The maximum absolute atomic E-state index is 5.87. The number of morpholine rings is 1. The first-order valence-corrected chi connectivity index (χ1v) is 8.28. The third-order valence-corrected chi connectivity index (χ3v) is 4.22. The van der Waals surface area contributed by atoms with Gasteiger partial charge in [-0.2, -0.15) is 10.2 Å². The third kappa shape index (κ3) is 3.55. The second-order valence-electron chi connectivity index (χ2n) is 6.04. The molecule has 1 aliphatic heterocycles. The van der Waals surface area contributed by atoms with Crippen LogP contribution in [-0.2, 0) is 17.8 Å². The van der Waals surface area contributed by atoms with Gasteiger partial charge in [-0.05, 0) is 24.3 Å². The molecule has 1 saturated heterocycles. The van der Waals surface area contributed by atoms with Crippen molar-refractivity contribution in [1.29, 1.82) is 0 Å². The van der Waals surface area contributed by atoms with Crippen LogP contribution in [0.4, 0.5) is 0 Å². The minimum absolute atomic E-state index is 0.176. The van der Waals surface area contributed by atoms with Gasteiger partial charge in [0, 0.05) is 38.2 Å². The highest BCUT2D eigenvalue weighted by Gasteiger charge is 2.21. The van der Waals surface area contributed by atoms with Crippen molar-refractivity contribution in [2.45, 2.75) is 19.2 Å². The topological polar surface area (TPSA) is 48.1 Å². The molecule has 0 saturated carbocycles. The Morgan fingerprint density at radius 3 is 2.83 bits per heavy atom. The molecule has 1 atom stereocenters. The molecule has 0 aliphatic carbocycles. The fourth-order valence-electron chi connectivity index (χ4n) is 3.05. The summed E-state index contributed by atoms with van der Waals surface area (Å²) in [5.74, 6) is 0. The summed E-state index contributed by atoms with van der Waals surface area (Å²) >= 11 is 0. The van der Waals surface area contributed by atoms with Crippen LogP contribution in [0.5, 0.6) is 0 Å². The van der Waals surface area contributed by atoms with Gasteiger partial charge in [0.2, 0.25) is 0 Å². The standard InChI is InChI=1S/C18H21N5O/c1-2-5-17(6-3-1)23-10-7-16(20-23)13-21-11-12-24-18(14-21)15-22-9-4-8-19-22/h1-10,18H,11-15H2. The summed E-state index contributed by atoms with van der Waals surface area (Å²) in [4.78, 5) is 2.40. The number of hydrogen-bond acceptors (Lipinski definition) is 4. The van der Waals surface area contributed by atoms with Crippen LogP contribution in [0.25, 0.3) is 5.69 Å². The highest BCUT2D eigenvalue weighted by Crippen LogP contribution is 2.12. The van der Waals surface area contributed by atoms with Crippen LogP contribution in [0, 0.1) is 0 Å². The van der Waals surface area contributed by atoms with E-state index < -0.39 is 0 Å². The van der Waals surface area contributed by atoms with E-state index in [2.05, 4.69) is 28.2 Å². The lowest BCUT2D eigenvalue weighted by Gasteiger charge is -2.32. The second-order valence-corrected chi connectivity index (χ2v) is 6.04. The molecule has 1 aliphatic rings. The van der Waals surface area contributed by atoms with E-state index in [1.54, 1.807) is 6.20 Å². The molecule has 1 unspecified atom stereocenters. The average molecular weight is 323 g/mol. The lowest BCUT2D eigenvalue weighted by atomic mass is 10.2. The zero-order valence-electron chi connectivity index (χ0n) is 13.5. The molecular weight excluding hydrogens is 302 g/mol. The molecule has 0 radical (unpaired) electrons. The maximum atomic E-state index is 5.87. The van der Waals surface area contributed by atoms with E-state index >= 15 is 0 Å². The Bertz CT molecular complexity index is 753. The molecule has 0 bridgehead atoms. The zero-order valence-corrected chi connectivity index (χ0v) is 13.5. The summed E-state index contributed by atoms with van der Waals surface area (Å²) in [6.07, 6.45) is 5.97. The summed E-state index contributed by atoms with van der Waals surface area (Å²) < 4.78 is 9.72.